The first-order valence-electron chi connectivity index (χ1n) is 9.35. The number of fused-ring (bicyclic) bond motifs is 1. The Morgan fingerprint density at radius 2 is 1.77 bits per heavy atom. The van der Waals surface area contributed by atoms with E-state index >= 15 is 0 Å². The molecule has 1 aromatic heterocycles. The molecule has 3 aromatic carbocycles. The molecule has 7 nitrogen and oxygen atoms in total. The van der Waals surface area contributed by atoms with Crippen molar-refractivity contribution in [1.29, 1.82) is 0 Å². The minimum Gasteiger partial charge on any atom is -0.313 e. The Balaban J connectivity index is 1.62. The van der Waals surface area contributed by atoms with Crippen molar-refractivity contribution in [2.45, 2.75) is 4.90 Å². The summed E-state index contributed by atoms with van der Waals surface area (Å²) in [5, 5.41) is 3.28. The maximum absolute atomic E-state index is 13.0. The summed E-state index contributed by atoms with van der Waals surface area (Å²) >= 11 is 6.01. The normalized spacial score (nSPS) is 11.5. The molecule has 1 amide bonds. The highest BCUT2D eigenvalue weighted by atomic mass is 35.5. The van der Waals surface area contributed by atoms with Crippen molar-refractivity contribution in [3.8, 4) is 0 Å². The second-order valence-corrected chi connectivity index (χ2v) is 9.32. The number of carbonyl (C=O) groups is 1. The molecule has 0 saturated heterocycles. The number of nitrogens with zero attached hydrogens (tertiary/aromatic N) is 3. The van der Waals surface area contributed by atoms with E-state index in [1.54, 1.807) is 54.1 Å². The van der Waals surface area contributed by atoms with Gasteiger partial charge in [0.05, 0.1) is 21.6 Å². The van der Waals surface area contributed by atoms with Gasteiger partial charge in [0, 0.05) is 24.7 Å². The Bertz CT molecular complexity index is 1380. The van der Waals surface area contributed by atoms with Crippen LogP contribution in [0.5, 0.6) is 0 Å². The lowest BCUT2D eigenvalue weighted by Gasteiger charge is -2.19. The number of hydrogen-bond acceptors (Lipinski definition) is 4. The smallest absolute Gasteiger partial charge is 0.264 e. The number of nitrogens with one attached hydrogen (secondary N) is 1. The number of aromatic nitrogens is 2. The van der Waals surface area contributed by atoms with Crippen LogP contribution < -0.4 is 9.62 Å². The molecule has 9 heteroatoms. The molecule has 0 fully saturated rings. The van der Waals surface area contributed by atoms with Gasteiger partial charge >= 0.3 is 0 Å². The SMILES string of the molecule is CN(c1ccccc1)S(=O)(=O)c1cccc(C(=O)Nc2nc3cc(Cl)ccc3n2C)c1. The summed E-state index contributed by atoms with van der Waals surface area (Å²) in [5.41, 5.74) is 2.18. The second-order valence-electron chi connectivity index (χ2n) is 6.92. The molecule has 1 heterocycles. The number of rotatable bonds is 5. The van der Waals surface area contributed by atoms with Crippen LogP contribution in [0.2, 0.25) is 5.02 Å². The third-order valence-corrected chi connectivity index (χ3v) is 6.96. The van der Waals surface area contributed by atoms with E-state index in [1.165, 1.54) is 29.6 Å². The van der Waals surface area contributed by atoms with E-state index < -0.39 is 15.9 Å². The second kappa shape index (κ2) is 8.05. The van der Waals surface area contributed by atoms with Gasteiger partial charge in [0.15, 0.2) is 0 Å². The van der Waals surface area contributed by atoms with Crippen LogP contribution in [0.15, 0.2) is 77.7 Å². The molecule has 0 unspecified atom stereocenters. The number of para-hydroxylation sites is 1. The Morgan fingerprint density at radius 1 is 1.03 bits per heavy atom. The Hall–Kier alpha value is -3.36. The van der Waals surface area contributed by atoms with Crippen molar-refractivity contribution >= 4 is 50.2 Å². The van der Waals surface area contributed by atoms with Gasteiger partial charge in [-0.1, -0.05) is 35.9 Å². The molecule has 158 valence electrons. The fraction of sp³-hybridized carbons (Fsp3) is 0.0909. The average Bonchev–Trinajstić information content (AvgIpc) is 3.08. The van der Waals surface area contributed by atoms with E-state index in [0.29, 0.717) is 22.2 Å². The highest BCUT2D eigenvalue weighted by molar-refractivity contribution is 7.92. The zero-order valence-corrected chi connectivity index (χ0v) is 18.4. The average molecular weight is 455 g/mol. The number of sulfonamides is 1. The maximum atomic E-state index is 13.0. The quantitative estimate of drug-likeness (QED) is 0.487. The molecular formula is C22H19ClN4O3S. The van der Waals surface area contributed by atoms with Crippen molar-refractivity contribution in [2.75, 3.05) is 16.7 Å². The Labute approximate surface area is 184 Å². The van der Waals surface area contributed by atoms with Gasteiger partial charge in [0.25, 0.3) is 15.9 Å². The molecular weight excluding hydrogens is 436 g/mol. The van der Waals surface area contributed by atoms with Crippen LogP contribution in [0, 0.1) is 0 Å². The number of amides is 1. The lowest BCUT2D eigenvalue weighted by molar-refractivity contribution is 0.102. The monoisotopic (exact) mass is 454 g/mol. The molecule has 0 aliphatic heterocycles. The number of halogens is 1. The van der Waals surface area contributed by atoms with E-state index in [2.05, 4.69) is 10.3 Å². The molecule has 4 rings (SSSR count). The highest BCUT2D eigenvalue weighted by Gasteiger charge is 2.22. The molecule has 1 N–H and O–H groups in total. The van der Waals surface area contributed by atoms with Gasteiger partial charge < -0.3 is 4.57 Å². The third-order valence-electron chi connectivity index (χ3n) is 4.94. The number of imidazole rings is 1. The zero-order chi connectivity index (χ0) is 22.2. The summed E-state index contributed by atoms with van der Waals surface area (Å²) in [6.45, 7) is 0. The van der Waals surface area contributed by atoms with E-state index in [1.807, 2.05) is 12.1 Å². The van der Waals surface area contributed by atoms with Gasteiger partial charge in [-0.2, -0.15) is 0 Å². The number of benzene rings is 3. The molecule has 0 aliphatic carbocycles. The summed E-state index contributed by atoms with van der Waals surface area (Å²) in [6, 6.07) is 19.9. The lowest BCUT2D eigenvalue weighted by atomic mass is 10.2. The fourth-order valence-electron chi connectivity index (χ4n) is 3.19. The Kier molecular flexibility index (Phi) is 5.43. The number of hydrogen-bond donors (Lipinski definition) is 1. The number of anilines is 2. The van der Waals surface area contributed by atoms with Crippen LogP contribution in [-0.2, 0) is 17.1 Å². The molecule has 4 aromatic rings. The minimum absolute atomic E-state index is 0.0169. The number of carbonyl (C=O) groups excluding carboxylic acids is 1. The van der Waals surface area contributed by atoms with Crippen LogP contribution in [0.1, 0.15) is 10.4 Å². The highest BCUT2D eigenvalue weighted by Crippen LogP contribution is 2.24. The predicted octanol–water partition coefficient (Wildman–Crippen LogP) is 4.30. The molecule has 0 spiro atoms. The number of aryl methyl sites for hydroxylation is 1. The van der Waals surface area contributed by atoms with Gasteiger partial charge in [-0.25, -0.2) is 13.4 Å². The molecule has 0 saturated carbocycles. The van der Waals surface area contributed by atoms with Gasteiger partial charge in [0.2, 0.25) is 5.95 Å². The van der Waals surface area contributed by atoms with Crippen molar-refractivity contribution in [3.05, 3.63) is 83.4 Å². The van der Waals surface area contributed by atoms with Gasteiger partial charge in [-0.3, -0.25) is 14.4 Å². The third kappa shape index (κ3) is 3.99. The summed E-state index contributed by atoms with van der Waals surface area (Å²) in [6.07, 6.45) is 0. The van der Waals surface area contributed by atoms with E-state index in [-0.39, 0.29) is 10.5 Å². The van der Waals surface area contributed by atoms with Crippen LogP contribution in [0.3, 0.4) is 0 Å². The fourth-order valence-corrected chi connectivity index (χ4v) is 4.60. The molecule has 0 aliphatic rings. The summed E-state index contributed by atoms with van der Waals surface area (Å²) < 4.78 is 29.0. The summed E-state index contributed by atoms with van der Waals surface area (Å²) in [5.74, 6) is -0.138. The van der Waals surface area contributed by atoms with Crippen molar-refractivity contribution in [1.82, 2.24) is 9.55 Å². The maximum Gasteiger partial charge on any atom is 0.264 e. The van der Waals surface area contributed by atoms with E-state index in [4.69, 9.17) is 11.6 Å². The molecule has 31 heavy (non-hydrogen) atoms. The predicted molar refractivity (Wildman–Crippen MR) is 122 cm³/mol. The van der Waals surface area contributed by atoms with E-state index in [9.17, 15) is 13.2 Å². The Morgan fingerprint density at radius 3 is 2.52 bits per heavy atom. The van der Waals surface area contributed by atoms with Crippen molar-refractivity contribution in [2.24, 2.45) is 7.05 Å². The van der Waals surface area contributed by atoms with Crippen LogP contribution >= 0.6 is 11.6 Å². The molecule has 0 radical (unpaired) electrons. The van der Waals surface area contributed by atoms with Gasteiger partial charge in [-0.15, -0.1) is 0 Å². The lowest BCUT2D eigenvalue weighted by Crippen LogP contribution is -2.26. The minimum atomic E-state index is -3.84. The largest absolute Gasteiger partial charge is 0.313 e. The van der Waals surface area contributed by atoms with Crippen molar-refractivity contribution in [3.63, 3.8) is 0 Å². The van der Waals surface area contributed by atoms with Gasteiger partial charge in [-0.05, 0) is 48.5 Å². The first-order valence-corrected chi connectivity index (χ1v) is 11.2. The van der Waals surface area contributed by atoms with Crippen LogP contribution in [0.4, 0.5) is 11.6 Å². The van der Waals surface area contributed by atoms with Crippen molar-refractivity contribution < 1.29 is 13.2 Å². The summed E-state index contributed by atoms with van der Waals surface area (Å²) in [7, 11) is -0.590. The van der Waals surface area contributed by atoms with Crippen LogP contribution in [0.25, 0.3) is 11.0 Å². The van der Waals surface area contributed by atoms with Crippen LogP contribution in [-0.4, -0.2) is 30.9 Å². The first kappa shape index (κ1) is 20.9. The molecule has 0 bridgehead atoms. The zero-order valence-electron chi connectivity index (χ0n) is 16.8. The van der Waals surface area contributed by atoms with E-state index in [0.717, 1.165) is 5.52 Å². The summed E-state index contributed by atoms with van der Waals surface area (Å²) in [4.78, 5) is 17.2. The first-order chi connectivity index (χ1) is 14.8. The van der Waals surface area contributed by atoms with Gasteiger partial charge in [0.1, 0.15) is 0 Å². The molecule has 0 atom stereocenters. The standard InChI is InChI=1S/C22H19ClN4O3S/c1-26-20-12-11-16(23)14-19(20)24-22(26)25-21(28)15-7-6-10-18(13-15)31(29,30)27(2)17-8-4-3-5-9-17/h3-14H,1-2H3,(H,24,25,28). The topological polar surface area (TPSA) is 84.3 Å².